The molecule has 2 aliphatic rings. The highest BCUT2D eigenvalue weighted by Gasteiger charge is 2.26. The minimum atomic E-state index is -1.78. The van der Waals surface area contributed by atoms with Gasteiger partial charge in [-0.15, -0.1) is 0 Å². The van der Waals surface area contributed by atoms with Crippen LogP contribution in [0.1, 0.15) is 65.7 Å². The van der Waals surface area contributed by atoms with Gasteiger partial charge in [-0.25, -0.2) is 8.57 Å². The molecule has 1 aliphatic heterocycles. The van der Waals surface area contributed by atoms with Crippen LogP contribution in [0.15, 0.2) is 4.36 Å². The molecule has 2 rings (SSSR count). The summed E-state index contributed by atoms with van der Waals surface area (Å²) >= 11 is 0. The monoisotopic (exact) mass is 271 g/mol. The molecular weight excluding hydrogens is 242 g/mol. The summed E-state index contributed by atoms with van der Waals surface area (Å²) in [5.41, 5.74) is 0.450. The Labute approximate surface area is 113 Å². The van der Waals surface area contributed by atoms with Crippen LogP contribution in [0.2, 0.25) is 0 Å². The van der Waals surface area contributed by atoms with Crippen LogP contribution in [-0.2, 0) is 9.73 Å². The first-order chi connectivity index (χ1) is 8.36. The van der Waals surface area contributed by atoms with Crippen molar-refractivity contribution in [2.45, 2.75) is 71.8 Å². The van der Waals surface area contributed by atoms with Gasteiger partial charge in [0.1, 0.15) is 0 Å². The van der Waals surface area contributed by atoms with Gasteiger partial charge >= 0.3 is 0 Å². The highest BCUT2D eigenvalue weighted by Crippen LogP contribution is 2.35. The quantitative estimate of drug-likeness (QED) is 0.738. The summed E-state index contributed by atoms with van der Waals surface area (Å²) in [5.74, 6) is 2.61. The predicted octanol–water partition coefficient (Wildman–Crippen LogP) is 4.24. The van der Waals surface area contributed by atoms with Crippen molar-refractivity contribution < 1.29 is 4.21 Å². The van der Waals surface area contributed by atoms with E-state index >= 15 is 0 Å². The molecule has 1 saturated carbocycles. The summed E-state index contributed by atoms with van der Waals surface area (Å²) in [6.45, 7) is 7.00. The molecule has 106 valence electrons. The Kier molecular flexibility index (Phi) is 4.40. The second kappa shape index (κ2) is 5.52. The zero-order valence-electron chi connectivity index (χ0n) is 12.3. The molecule has 1 saturated heterocycles. The number of nitrogens with zero attached hydrogens (tertiary/aromatic N) is 1. The van der Waals surface area contributed by atoms with E-state index in [-0.39, 0.29) is 0 Å². The molecule has 3 heteroatoms. The van der Waals surface area contributed by atoms with Crippen molar-refractivity contribution in [3.63, 3.8) is 0 Å². The van der Waals surface area contributed by atoms with Crippen LogP contribution in [-0.4, -0.2) is 21.8 Å². The second-order valence-electron chi connectivity index (χ2n) is 7.43. The number of rotatable bonds is 2. The van der Waals surface area contributed by atoms with Crippen molar-refractivity contribution in [3.05, 3.63) is 0 Å². The first kappa shape index (κ1) is 14.4. The average molecular weight is 271 g/mol. The van der Waals surface area contributed by atoms with Gasteiger partial charge in [-0.3, -0.25) is 0 Å². The molecule has 0 radical (unpaired) electrons. The zero-order chi connectivity index (χ0) is 13.2. The summed E-state index contributed by atoms with van der Waals surface area (Å²) in [6, 6.07) is 0.409. The topological polar surface area (TPSA) is 29.4 Å². The van der Waals surface area contributed by atoms with E-state index in [9.17, 15) is 4.21 Å². The molecule has 0 aromatic rings. The first-order valence-electron chi connectivity index (χ1n) is 7.58. The largest absolute Gasteiger partial charge is 0.250 e. The van der Waals surface area contributed by atoms with E-state index in [2.05, 4.69) is 20.8 Å². The molecule has 1 aliphatic carbocycles. The average Bonchev–Trinajstić information content (AvgIpc) is 2.66. The van der Waals surface area contributed by atoms with Crippen molar-refractivity contribution in [2.75, 3.05) is 11.5 Å². The van der Waals surface area contributed by atoms with E-state index in [0.717, 1.165) is 30.3 Å². The number of hydrogen-bond acceptors (Lipinski definition) is 2. The van der Waals surface area contributed by atoms with Gasteiger partial charge in [0.05, 0.1) is 6.04 Å². The van der Waals surface area contributed by atoms with Gasteiger partial charge in [0.15, 0.2) is 0 Å². The first-order valence-corrected chi connectivity index (χ1v) is 9.43. The van der Waals surface area contributed by atoms with Crippen LogP contribution < -0.4 is 0 Å². The van der Waals surface area contributed by atoms with Gasteiger partial charge in [-0.2, -0.15) is 0 Å². The van der Waals surface area contributed by atoms with Crippen LogP contribution in [0.5, 0.6) is 0 Å². The van der Waals surface area contributed by atoms with E-state index in [4.69, 9.17) is 4.36 Å². The third-order valence-corrected chi connectivity index (χ3v) is 6.77. The maximum Gasteiger partial charge on any atom is 0.0594 e. The Morgan fingerprint density at radius 2 is 1.61 bits per heavy atom. The molecule has 0 aromatic heterocycles. The molecule has 2 fully saturated rings. The maximum absolute atomic E-state index is 12.4. The molecule has 0 N–H and O–H groups in total. The highest BCUT2D eigenvalue weighted by molar-refractivity contribution is 7.93. The molecular formula is C15H29NOS. The molecule has 0 bridgehead atoms. The van der Waals surface area contributed by atoms with Gasteiger partial charge in [0.25, 0.3) is 0 Å². The Morgan fingerprint density at radius 3 is 2.11 bits per heavy atom. The van der Waals surface area contributed by atoms with Crippen LogP contribution in [0.25, 0.3) is 0 Å². The molecule has 0 spiro atoms. The van der Waals surface area contributed by atoms with E-state index in [0.29, 0.717) is 11.5 Å². The van der Waals surface area contributed by atoms with Gasteiger partial charge < -0.3 is 0 Å². The van der Waals surface area contributed by atoms with Crippen molar-refractivity contribution in [2.24, 2.45) is 15.7 Å². The lowest BCUT2D eigenvalue weighted by Crippen LogP contribution is -2.22. The van der Waals surface area contributed by atoms with E-state index < -0.39 is 9.73 Å². The minimum Gasteiger partial charge on any atom is -0.250 e. The lowest BCUT2D eigenvalue weighted by Gasteiger charge is -2.31. The summed E-state index contributed by atoms with van der Waals surface area (Å²) < 4.78 is 17.1. The lowest BCUT2D eigenvalue weighted by molar-refractivity contribution is 0.229. The van der Waals surface area contributed by atoms with Gasteiger partial charge in [0.2, 0.25) is 0 Å². The van der Waals surface area contributed by atoms with Crippen LogP contribution >= 0.6 is 0 Å². The van der Waals surface area contributed by atoms with Crippen LogP contribution in [0.4, 0.5) is 0 Å². The fourth-order valence-corrected chi connectivity index (χ4v) is 5.93. The lowest BCUT2D eigenvalue weighted by atomic mass is 9.76. The third-order valence-electron chi connectivity index (χ3n) is 4.24. The Bertz CT molecular complexity index is 368. The summed E-state index contributed by atoms with van der Waals surface area (Å²) in [6.07, 6.45) is 8.52. The maximum atomic E-state index is 12.4. The van der Waals surface area contributed by atoms with Gasteiger partial charge in [0, 0.05) is 21.2 Å². The van der Waals surface area contributed by atoms with E-state index in [1.165, 1.54) is 32.1 Å². The fourth-order valence-electron chi connectivity index (χ4n) is 3.45. The van der Waals surface area contributed by atoms with E-state index in [1.54, 1.807) is 0 Å². The van der Waals surface area contributed by atoms with Crippen LogP contribution in [0, 0.1) is 11.3 Å². The smallest absolute Gasteiger partial charge is 0.0594 e. The van der Waals surface area contributed by atoms with Crippen molar-refractivity contribution in [1.82, 2.24) is 0 Å². The molecule has 1 heterocycles. The van der Waals surface area contributed by atoms with Crippen molar-refractivity contribution >= 4 is 9.73 Å². The number of hydrogen-bond donors (Lipinski definition) is 0. The molecule has 2 nitrogen and oxygen atoms in total. The fraction of sp³-hybridized carbons (Fsp3) is 1.00. The SMILES string of the molecule is CC(C)(C)CC1CCC(N=S2(=O)CCCC2)CC1. The molecule has 18 heavy (non-hydrogen) atoms. The Hall–Kier alpha value is -0.0500. The van der Waals surface area contributed by atoms with Gasteiger partial charge in [-0.1, -0.05) is 20.8 Å². The van der Waals surface area contributed by atoms with Crippen molar-refractivity contribution in [1.29, 1.82) is 0 Å². The molecule has 0 atom stereocenters. The third kappa shape index (κ3) is 4.25. The highest BCUT2D eigenvalue weighted by atomic mass is 32.2. The Morgan fingerprint density at radius 1 is 1.06 bits per heavy atom. The molecule has 0 unspecified atom stereocenters. The van der Waals surface area contributed by atoms with Crippen LogP contribution in [0.3, 0.4) is 0 Å². The van der Waals surface area contributed by atoms with E-state index in [1.807, 2.05) is 0 Å². The Balaban J connectivity index is 1.85. The minimum absolute atomic E-state index is 0.409. The standard InChI is InChI=1S/C15H29NOS/c1-15(2,3)12-13-6-8-14(9-7-13)16-18(17)10-4-5-11-18/h13-14H,4-12H2,1-3H3. The summed E-state index contributed by atoms with van der Waals surface area (Å²) in [5, 5.41) is 0. The predicted molar refractivity (Wildman–Crippen MR) is 79.4 cm³/mol. The van der Waals surface area contributed by atoms with Crippen molar-refractivity contribution in [3.8, 4) is 0 Å². The molecule has 0 aromatic carbocycles. The normalized spacial score (nSPS) is 32.4. The summed E-state index contributed by atoms with van der Waals surface area (Å²) in [7, 11) is -1.78. The molecule has 0 amide bonds. The van der Waals surface area contributed by atoms with Gasteiger partial charge in [-0.05, 0) is 56.3 Å². The second-order valence-corrected chi connectivity index (χ2v) is 10.0. The summed E-state index contributed by atoms with van der Waals surface area (Å²) in [4.78, 5) is 0. The zero-order valence-corrected chi connectivity index (χ0v) is 13.1.